The summed E-state index contributed by atoms with van der Waals surface area (Å²) in [5, 5.41) is 17.8. The van der Waals surface area contributed by atoms with E-state index in [2.05, 4.69) is 12.6 Å². The van der Waals surface area contributed by atoms with E-state index < -0.39 is 0 Å². The summed E-state index contributed by atoms with van der Waals surface area (Å²) in [5.41, 5.74) is 0.663. The molecule has 0 amide bonds. The maximum absolute atomic E-state index is 11.9. The molecule has 0 aliphatic carbocycles. The predicted molar refractivity (Wildman–Crippen MR) is 74.2 cm³/mol. The Labute approximate surface area is 110 Å². The van der Waals surface area contributed by atoms with E-state index in [9.17, 15) is 4.79 Å². The van der Waals surface area contributed by atoms with Crippen LogP contribution >= 0.6 is 12.6 Å². The highest BCUT2D eigenvalue weighted by molar-refractivity contribution is 7.97. The van der Waals surface area contributed by atoms with Crippen molar-refractivity contribution in [3.05, 3.63) is 29.8 Å². The van der Waals surface area contributed by atoms with Crippen LogP contribution in [-0.2, 0) is 10.9 Å². The summed E-state index contributed by atoms with van der Waals surface area (Å²) in [7, 11) is -0.229. The number of ketones is 1. The third kappa shape index (κ3) is 5.12. The van der Waals surface area contributed by atoms with Gasteiger partial charge in [0.15, 0.2) is 5.75 Å². The van der Waals surface area contributed by atoms with Crippen LogP contribution in [-0.4, -0.2) is 46.5 Å². The maximum atomic E-state index is 11.9. The van der Waals surface area contributed by atoms with Gasteiger partial charge in [-0.1, -0.05) is 12.1 Å². The first-order valence-electron chi connectivity index (χ1n) is 5.35. The third-order valence-electron chi connectivity index (χ3n) is 2.28. The Morgan fingerprint density at radius 1 is 1.12 bits per heavy atom. The Morgan fingerprint density at radius 2 is 1.65 bits per heavy atom. The van der Waals surface area contributed by atoms with Gasteiger partial charge in [-0.15, -0.1) is 12.6 Å². The van der Waals surface area contributed by atoms with Gasteiger partial charge < -0.3 is 10.2 Å². The van der Waals surface area contributed by atoms with Crippen LogP contribution in [0, 0.1) is 0 Å². The zero-order valence-corrected chi connectivity index (χ0v) is 11.2. The zero-order chi connectivity index (χ0) is 12.7. The van der Waals surface area contributed by atoms with Crippen molar-refractivity contribution < 1.29 is 15.0 Å². The first-order valence-corrected chi connectivity index (χ1v) is 7.53. The lowest BCUT2D eigenvalue weighted by atomic mass is 10.1. The van der Waals surface area contributed by atoms with Crippen LogP contribution in [0.1, 0.15) is 10.4 Å². The van der Waals surface area contributed by atoms with Gasteiger partial charge in [0.1, 0.15) is 11.5 Å². The fourth-order valence-corrected chi connectivity index (χ4v) is 3.12. The fraction of sp³-hybridized carbons (Fsp3) is 0.417. The second-order valence-corrected chi connectivity index (χ2v) is 6.43. The standard InChI is InChI=1S/C12H16O3S2/c13-5-7-17(8-6-14)9-12(15)10-1-3-11(16)4-2-10/h1-4,13-14H,5-9H2/p+1. The highest BCUT2D eigenvalue weighted by Crippen LogP contribution is 2.10. The molecule has 0 bridgehead atoms. The van der Waals surface area contributed by atoms with E-state index in [1.54, 1.807) is 24.3 Å². The predicted octanol–water partition coefficient (Wildman–Crippen LogP) is 0.761. The van der Waals surface area contributed by atoms with Gasteiger partial charge in [0.2, 0.25) is 5.78 Å². The van der Waals surface area contributed by atoms with Gasteiger partial charge in [-0.25, -0.2) is 0 Å². The van der Waals surface area contributed by atoms with Gasteiger partial charge in [0.25, 0.3) is 0 Å². The molecule has 0 unspecified atom stereocenters. The Kier molecular flexibility index (Phi) is 6.65. The number of benzene rings is 1. The summed E-state index contributed by atoms with van der Waals surface area (Å²) >= 11 is 4.16. The molecule has 2 N–H and O–H groups in total. The van der Waals surface area contributed by atoms with E-state index in [1.165, 1.54) is 0 Å². The summed E-state index contributed by atoms with van der Waals surface area (Å²) in [6.45, 7) is 0.123. The summed E-state index contributed by atoms with van der Waals surface area (Å²) in [5.74, 6) is 1.62. The first-order chi connectivity index (χ1) is 8.17. The van der Waals surface area contributed by atoms with Crippen molar-refractivity contribution in [2.45, 2.75) is 4.90 Å². The highest BCUT2D eigenvalue weighted by Gasteiger charge is 2.22. The van der Waals surface area contributed by atoms with E-state index in [-0.39, 0.29) is 29.9 Å². The average Bonchev–Trinajstić information content (AvgIpc) is 2.30. The number of aliphatic hydroxyl groups excluding tert-OH is 2. The van der Waals surface area contributed by atoms with Gasteiger partial charge in [-0.2, -0.15) is 0 Å². The molecule has 0 saturated carbocycles. The lowest BCUT2D eigenvalue weighted by molar-refractivity contribution is 0.102. The summed E-state index contributed by atoms with van der Waals surface area (Å²) in [6.07, 6.45) is 0. The second kappa shape index (κ2) is 7.76. The van der Waals surface area contributed by atoms with Gasteiger partial charge in [0, 0.05) is 21.4 Å². The minimum absolute atomic E-state index is 0.0589. The van der Waals surface area contributed by atoms with Crippen LogP contribution in [0.4, 0.5) is 0 Å². The fourth-order valence-electron chi connectivity index (χ4n) is 1.42. The number of thiol groups is 1. The molecular formula is C12H17O3S2+. The molecule has 0 aromatic heterocycles. The number of hydrogen-bond donors (Lipinski definition) is 3. The van der Waals surface area contributed by atoms with Crippen molar-refractivity contribution in [3.63, 3.8) is 0 Å². The number of hydrogen-bond acceptors (Lipinski definition) is 4. The SMILES string of the molecule is O=C(C[S+](CCO)CCO)c1ccc(S)cc1. The minimum atomic E-state index is -0.229. The van der Waals surface area contributed by atoms with Crippen molar-refractivity contribution in [1.82, 2.24) is 0 Å². The molecule has 0 aliphatic heterocycles. The molecule has 0 fully saturated rings. The van der Waals surface area contributed by atoms with Crippen molar-refractivity contribution >= 4 is 29.3 Å². The number of carbonyl (C=O) groups excluding carboxylic acids is 1. The molecule has 17 heavy (non-hydrogen) atoms. The molecule has 94 valence electrons. The van der Waals surface area contributed by atoms with Crippen molar-refractivity contribution in [2.24, 2.45) is 0 Å². The van der Waals surface area contributed by atoms with E-state index in [1.807, 2.05) is 0 Å². The molecule has 1 aromatic rings. The van der Waals surface area contributed by atoms with Gasteiger partial charge in [0.05, 0.1) is 13.2 Å². The van der Waals surface area contributed by atoms with Gasteiger partial charge >= 0.3 is 0 Å². The van der Waals surface area contributed by atoms with Crippen molar-refractivity contribution in [1.29, 1.82) is 0 Å². The molecular weight excluding hydrogens is 256 g/mol. The van der Waals surface area contributed by atoms with Crippen LogP contribution in [0.25, 0.3) is 0 Å². The van der Waals surface area contributed by atoms with Crippen LogP contribution in [0.5, 0.6) is 0 Å². The first kappa shape index (κ1) is 14.6. The molecule has 0 spiro atoms. The van der Waals surface area contributed by atoms with Gasteiger partial charge in [-0.05, 0) is 12.1 Å². The molecule has 3 nitrogen and oxygen atoms in total. The third-order valence-corrected chi connectivity index (χ3v) is 4.77. The second-order valence-electron chi connectivity index (χ2n) is 3.58. The van der Waals surface area contributed by atoms with Gasteiger partial charge in [-0.3, -0.25) is 4.79 Å². The zero-order valence-electron chi connectivity index (χ0n) is 9.50. The lowest BCUT2D eigenvalue weighted by Gasteiger charge is -2.05. The maximum Gasteiger partial charge on any atom is 0.211 e. The number of rotatable bonds is 7. The Morgan fingerprint density at radius 3 is 2.12 bits per heavy atom. The highest BCUT2D eigenvalue weighted by atomic mass is 32.2. The Balaban J connectivity index is 2.60. The number of carbonyl (C=O) groups is 1. The lowest BCUT2D eigenvalue weighted by Crippen LogP contribution is -2.25. The summed E-state index contributed by atoms with van der Waals surface area (Å²) < 4.78 is 0. The van der Waals surface area contributed by atoms with Crippen LogP contribution in [0.2, 0.25) is 0 Å². The van der Waals surface area contributed by atoms with Crippen molar-refractivity contribution in [3.8, 4) is 0 Å². The van der Waals surface area contributed by atoms with E-state index >= 15 is 0 Å². The Hall–Kier alpha value is -0.490. The topological polar surface area (TPSA) is 57.5 Å². The van der Waals surface area contributed by atoms with E-state index in [0.717, 1.165) is 4.90 Å². The largest absolute Gasteiger partial charge is 0.391 e. The summed E-state index contributed by atoms with van der Waals surface area (Å²) in [6, 6.07) is 7.08. The quantitative estimate of drug-likeness (QED) is 0.390. The number of aliphatic hydroxyl groups is 2. The number of Topliss-reactive ketones (excluding diaryl/α,β-unsaturated/α-hetero) is 1. The normalized spacial score (nSPS) is 10.8. The molecule has 1 rings (SSSR count). The molecule has 0 saturated heterocycles. The van der Waals surface area contributed by atoms with Crippen LogP contribution in [0.15, 0.2) is 29.2 Å². The molecule has 1 aromatic carbocycles. The molecule has 0 aliphatic rings. The van der Waals surface area contributed by atoms with Crippen LogP contribution in [0.3, 0.4) is 0 Å². The van der Waals surface area contributed by atoms with Crippen LogP contribution < -0.4 is 0 Å². The smallest absolute Gasteiger partial charge is 0.211 e. The average molecular weight is 273 g/mol. The molecule has 0 atom stereocenters. The van der Waals surface area contributed by atoms with E-state index in [0.29, 0.717) is 22.8 Å². The van der Waals surface area contributed by atoms with E-state index in [4.69, 9.17) is 10.2 Å². The Bertz CT molecular complexity index is 345. The molecule has 5 heteroatoms. The summed E-state index contributed by atoms with van der Waals surface area (Å²) in [4.78, 5) is 12.8. The monoisotopic (exact) mass is 273 g/mol. The molecule has 0 radical (unpaired) electrons. The molecule has 0 heterocycles. The minimum Gasteiger partial charge on any atom is -0.391 e. The van der Waals surface area contributed by atoms with Crippen molar-refractivity contribution in [2.75, 3.05) is 30.5 Å².